The summed E-state index contributed by atoms with van der Waals surface area (Å²) in [6, 6.07) is 22.8. The first-order valence-corrected chi connectivity index (χ1v) is 7.62. The lowest BCUT2D eigenvalue weighted by Gasteiger charge is -1.98. The lowest BCUT2D eigenvalue weighted by molar-refractivity contribution is 0.581. The van der Waals surface area contributed by atoms with Crippen LogP contribution in [0, 0.1) is 0 Å². The number of furan rings is 1. The van der Waals surface area contributed by atoms with Crippen LogP contribution in [-0.2, 0) is 0 Å². The van der Waals surface area contributed by atoms with Crippen molar-refractivity contribution < 1.29 is 4.42 Å². The first-order valence-electron chi connectivity index (χ1n) is 7.62. The number of aromatic nitrogens is 2. The van der Waals surface area contributed by atoms with Crippen molar-refractivity contribution in [3.05, 3.63) is 73.0 Å². The summed E-state index contributed by atoms with van der Waals surface area (Å²) in [5.74, 6) is 0.854. The molecule has 3 heterocycles. The van der Waals surface area contributed by atoms with Crippen molar-refractivity contribution in [2.24, 2.45) is 0 Å². The van der Waals surface area contributed by atoms with Gasteiger partial charge in [-0.1, -0.05) is 36.4 Å². The Morgan fingerprint density at radius 2 is 1.26 bits per heavy atom. The first-order chi connectivity index (χ1) is 11.4. The highest BCUT2D eigenvalue weighted by Gasteiger charge is 2.15. The highest BCUT2D eigenvalue weighted by molar-refractivity contribution is 5.91. The van der Waals surface area contributed by atoms with Gasteiger partial charge in [-0.05, 0) is 30.3 Å². The Labute approximate surface area is 132 Å². The number of fused-ring (bicyclic) bond motifs is 2. The fraction of sp³-hybridized carbons (Fsp3) is 0. The molecule has 3 aromatic heterocycles. The molecule has 2 aromatic carbocycles. The van der Waals surface area contributed by atoms with Gasteiger partial charge in [0.25, 0.3) is 0 Å². The lowest BCUT2D eigenvalue weighted by Crippen LogP contribution is -1.79. The van der Waals surface area contributed by atoms with Crippen LogP contribution < -0.4 is 0 Å². The Morgan fingerprint density at radius 3 is 1.96 bits per heavy atom. The Balaban J connectivity index is 1.69. The van der Waals surface area contributed by atoms with Gasteiger partial charge < -0.3 is 14.4 Å². The molecule has 5 rings (SSSR count). The molecule has 0 saturated carbocycles. The number of aromatic amines is 2. The highest BCUT2D eigenvalue weighted by Crippen LogP contribution is 2.35. The highest BCUT2D eigenvalue weighted by atomic mass is 16.3. The first kappa shape index (κ1) is 12.4. The predicted octanol–water partition coefficient (Wildman–Crippen LogP) is 5.58. The Morgan fingerprint density at radius 1 is 0.652 bits per heavy atom. The molecule has 0 bridgehead atoms. The molecule has 0 aliphatic heterocycles. The SMILES string of the molecule is c1ccc2[nH]c(-c3ccoc3-c3cc4ccccc4[nH]3)cc2c1. The van der Waals surface area contributed by atoms with E-state index in [0.29, 0.717) is 0 Å². The van der Waals surface area contributed by atoms with E-state index in [9.17, 15) is 0 Å². The average Bonchev–Trinajstić information content (AvgIpc) is 3.30. The van der Waals surface area contributed by atoms with Crippen molar-refractivity contribution >= 4 is 21.8 Å². The van der Waals surface area contributed by atoms with E-state index in [1.807, 2.05) is 30.3 Å². The van der Waals surface area contributed by atoms with Crippen LogP contribution in [0.4, 0.5) is 0 Å². The van der Waals surface area contributed by atoms with Crippen LogP contribution in [-0.4, -0.2) is 9.97 Å². The van der Waals surface area contributed by atoms with Gasteiger partial charge in [0.05, 0.1) is 17.7 Å². The van der Waals surface area contributed by atoms with Crippen LogP contribution in [0.2, 0.25) is 0 Å². The summed E-state index contributed by atoms with van der Waals surface area (Å²) in [7, 11) is 0. The quantitative estimate of drug-likeness (QED) is 0.439. The smallest absolute Gasteiger partial charge is 0.159 e. The van der Waals surface area contributed by atoms with Crippen molar-refractivity contribution in [2.45, 2.75) is 0 Å². The minimum Gasteiger partial charge on any atom is -0.462 e. The Hall–Kier alpha value is -3.20. The van der Waals surface area contributed by atoms with Crippen molar-refractivity contribution in [2.75, 3.05) is 0 Å². The maximum absolute atomic E-state index is 5.78. The van der Waals surface area contributed by atoms with Gasteiger partial charge in [0.2, 0.25) is 0 Å². The molecule has 3 heteroatoms. The maximum Gasteiger partial charge on any atom is 0.159 e. The van der Waals surface area contributed by atoms with Gasteiger partial charge in [-0.3, -0.25) is 0 Å². The molecule has 0 fully saturated rings. The van der Waals surface area contributed by atoms with E-state index >= 15 is 0 Å². The summed E-state index contributed by atoms with van der Waals surface area (Å²) in [5.41, 5.74) is 5.36. The number of nitrogens with one attached hydrogen (secondary N) is 2. The third-order valence-corrected chi connectivity index (χ3v) is 4.26. The summed E-state index contributed by atoms with van der Waals surface area (Å²) in [6.45, 7) is 0. The van der Waals surface area contributed by atoms with Gasteiger partial charge in [0, 0.05) is 27.4 Å². The lowest BCUT2D eigenvalue weighted by atomic mass is 10.1. The van der Waals surface area contributed by atoms with Gasteiger partial charge >= 0.3 is 0 Å². The van der Waals surface area contributed by atoms with Gasteiger partial charge in [0.1, 0.15) is 0 Å². The van der Waals surface area contributed by atoms with Crippen molar-refractivity contribution in [3.63, 3.8) is 0 Å². The minimum absolute atomic E-state index is 0.854. The minimum atomic E-state index is 0.854. The fourth-order valence-electron chi connectivity index (χ4n) is 3.14. The molecule has 23 heavy (non-hydrogen) atoms. The van der Waals surface area contributed by atoms with E-state index in [1.54, 1.807) is 6.26 Å². The molecule has 0 unspecified atom stereocenters. The summed E-state index contributed by atoms with van der Waals surface area (Å²) in [5, 5.41) is 2.38. The molecule has 0 aliphatic rings. The molecule has 5 aromatic rings. The largest absolute Gasteiger partial charge is 0.462 e. The fourth-order valence-corrected chi connectivity index (χ4v) is 3.14. The van der Waals surface area contributed by atoms with Crippen LogP contribution in [0.15, 0.2) is 77.4 Å². The molecule has 110 valence electrons. The molecule has 2 N–H and O–H groups in total. The van der Waals surface area contributed by atoms with E-state index in [-0.39, 0.29) is 0 Å². The van der Waals surface area contributed by atoms with E-state index in [0.717, 1.165) is 33.7 Å². The number of hydrogen-bond donors (Lipinski definition) is 2. The molecule has 0 amide bonds. The van der Waals surface area contributed by atoms with Gasteiger partial charge in [0.15, 0.2) is 5.76 Å². The second-order valence-corrected chi connectivity index (χ2v) is 5.70. The zero-order valence-electron chi connectivity index (χ0n) is 12.3. The number of para-hydroxylation sites is 2. The number of H-pyrrole nitrogens is 2. The number of hydrogen-bond acceptors (Lipinski definition) is 1. The zero-order valence-corrected chi connectivity index (χ0v) is 12.3. The summed E-state index contributed by atoms with van der Waals surface area (Å²) >= 11 is 0. The maximum atomic E-state index is 5.78. The Bertz CT molecular complexity index is 972. The molecular formula is C20H14N2O. The zero-order chi connectivity index (χ0) is 15.2. The number of benzene rings is 2. The normalized spacial score (nSPS) is 11.5. The number of rotatable bonds is 2. The summed E-state index contributed by atoms with van der Waals surface area (Å²) in [6.07, 6.45) is 1.74. The molecule has 0 saturated heterocycles. The summed E-state index contributed by atoms with van der Waals surface area (Å²) < 4.78 is 5.78. The Kier molecular flexibility index (Phi) is 2.50. The van der Waals surface area contributed by atoms with Gasteiger partial charge in [-0.15, -0.1) is 0 Å². The van der Waals surface area contributed by atoms with Gasteiger partial charge in [-0.2, -0.15) is 0 Å². The third-order valence-electron chi connectivity index (χ3n) is 4.26. The summed E-state index contributed by atoms with van der Waals surface area (Å²) in [4.78, 5) is 6.90. The monoisotopic (exact) mass is 298 g/mol. The predicted molar refractivity (Wildman–Crippen MR) is 93.3 cm³/mol. The van der Waals surface area contributed by atoms with E-state index in [1.165, 1.54) is 10.8 Å². The van der Waals surface area contributed by atoms with E-state index in [2.05, 4.69) is 46.4 Å². The third kappa shape index (κ3) is 1.90. The second kappa shape index (κ2) is 4.65. The van der Waals surface area contributed by atoms with Crippen LogP contribution in [0.3, 0.4) is 0 Å². The molecular weight excluding hydrogens is 284 g/mol. The molecule has 0 aliphatic carbocycles. The van der Waals surface area contributed by atoms with Crippen molar-refractivity contribution in [1.29, 1.82) is 0 Å². The van der Waals surface area contributed by atoms with Crippen LogP contribution in [0.5, 0.6) is 0 Å². The standard InChI is InChI=1S/C20H14N2O/c1-3-7-16-13(5-1)11-18(21-16)15-9-10-23-20(15)19-12-14-6-2-4-8-17(14)22-19/h1-12,21-22H. The molecule has 3 nitrogen and oxygen atoms in total. The van der Waals surface area contributed by atoms with Crippen LogP contribution >= 0.6 is 0 Å². The molecule has 0 radical (unpaired) electrons. The molecule has 0 spiro atoms. The average molecular weight is 298 g/mol. The van der Waals surface area contributed by atoms with Crippen molar-refractivity contribution in [1.82, 2.24) is 9.97 Å². The van der Waals surface area contributed by atoms with Gasteiger partial charge in [-0.25, -0.2) is 0 Å². The van der Waals surface area contributed by atoms with E-state index in [4.69, 9.17) is 4.42 Å². The van der Waals surface area contributed by atoms with E-state index < -0.39 is 0 Å². The van der Waals surface area contributed by atoms with Crippen LogP contribution in [0.1, 0.15) is 0 Å². The van der Waals surface area contributed by atoms with Crippen molar-refractivity contribution in [3.8, 4) is 22.7 Å². The molecule has 0 atom stereocenters. The topological polar surface area (TPSA) is 44.7 Å². The second-order valence-electron chi connectivity index (χ2n) is 5.70. The van der Waals surface area contributed by atoms with Crippen LogP contribution in [0.25, 0.3) is 44.5 Å².